The summed E-state index contributed by atoms with van der Waals surface area (Å²) in [6.07, 6.45) is 13.0. The Balaban J connectivity index is 0.000000768. The number of carbonyl (C=O) groups is 1. The number of benzene rings is 2. The molecule has 3 heterocycles. The number of methoxy groups -OCH3 is 1. The van der Waals surface area contributed by atoms with E-state index in [1.54, 1.807) is 14.0 Å². The third-order valence-corrected chi connectivity index (χ3v) is 11.2. The smallest absolute Gasteiger partial charge is 0.270 e. The molecule has 0 saturated heterocycles. The van der Waals surface area contributed by atoms with E-state index in [0.717, 1.165) is 105 Å². The number of hydrogen-bond acceptors (Lipinski definition) is 7. The molecule has 6 rings (SSSR count). The Morgan fingerprint density at radius 2 is 1.67 bits per heavy atom. The van der Waals surface area contributed by atoms with E-state index in [1.807, 2.05) is 32.0 Å². The number of ketones is 1. The first-order valence-corrected chi connectivity index (χ1v) is 19.6. The Morgan fingerprint density at radius 1 is 0.980 bits per heavy atom. The van der Waals surface area contributed by atoms with Crippen molar-refractivity contribution in [1.82, 2.24) is 19.9 Å². The summed E-state index contributed by atoms with van der Waals surface area (Å²) in [7, 11) is 3.66. The SMILES string of the molecule is CC.CCCCc1c(Cc2ccc(-c3ccccc3C3(C)N=NNN3C)cc2)c(=O)n2n1CCCC2C1(C(C)=O)CCCCCC1.CCCOC. The van der Waals surface area contributed by atoms with Crippen LogP contribution in [0.25, 0.3) is 11.1 Å². The number of rotatable bonds is 11. The molecule has 1 saturated carbocycles. The fraction of sp³-hybridized carbons (Fsp3) is 0.619. The van der Waals surface area contributed by atoms with Crippen molar-refractivity contribution in [2.24, 2.45) is 15.8 Å². The number of hydrogen-bond donors (Lipinski definition) is 1. The fourth-order valence-electron chi connectivity index (χ4n) is 8.30. The highest BCUT2D eigenvalue weighted by atomic mass is 16.5. The number of Topliss-reactive ketones (excluding diaryl/α,β-unsaturated/α-hetero) is 1. The Labute approximate surface area is 306 Å². The second kappa shape index (κ2) is 18.8. The molecule has 2 unspecified atom stereocenters. The van der Waals surface area contributed by atoms with Crippen molar-refractivity contribution in [2.75, 3.05) is 20.8 Å². The third-order valence-electron chi connectivity index (χ3n) is 11.2. The first-order valence-electron chi connectivity index (χ1n) is 19.6. The number of ether oxygens (including phenoxy) is 1. The summed E-state index contributed by atoms with van der Waals surface area (Å²) < 4.78 is 9.04. The van der Waals surface area contributed by atoms with Crippen molar-refractivity contribution >= 4 is 5.78 Å². The van der Waals surface area contributed by atoms with E-state index >= 15 is 0 Å². The second-order valence-electron chi connectivity index (χ2n) is 14.4. The van der Waals surface area contributed by atoms with Crippen molar-refractivity contribution < 1.29 is 9.53 Å². The molecular formula is C42H64N6O3. The zero-order valence-electron chi connectivity index (χ0n) is 32.8. The predicted molar refractivity (Wildman–Crippen MR) is 208 cm³/mol. The summed E-state index contributed by atoms with van der Waals surface area (Å²) in [6.45, 7) is 13.9. The molecule has 1 N–H and O–H groups in total. The molecule has 9 nitrogen and oxygen atoms in total. The average molecular weight is 701 g/mol. The molecule has 3 aliphatic rings. The van der Waals surface area contributed by atoms with Gasteiger partial charge in [-0.1, -0.05) is 114 Å². The average Bonchev–Trinajstić information content (AvgIpc) is 3.49. The van der Waals surface area contributed by atoms with Gasteiger partial charge in [-0.25, -0.2) is 10.2 Å². The Morgan fingerprint density at radius 3 is 2.24 bits per heavy atom. The van der Waals surface area contributed by atoms with Crippen LogP contribution in [0.1, 0.15) is 141 Å². The summed E-state index contributed by atoms with van der Waals surface area (Å²) in [4.78, 5) is 27.9. The van der Waals surface area contributed by atoms with Crippen LogP contribution in [0, 0.1) is 5.41 Å². The van der Waals surface area contributed by atoms with Crippen LogP contribution in [0.3, 0.4) is 0 Å². The van der Waals surface area contributed by atoms with Gasteiger partial charge in [-0.15, -0.1) is 5.11 Å². The van der Waals surface area contributed by atoms with Gasteiger partial charge in [0.25, 0.3) is 5.56 Å². The molecule has 280 valence electrons. The Hall–Kier alpha value is -3.56. The molecule has 0 spiro atoms. The Kier molecular flexibility index (Phi) is 14.8. The van der Waals surface area contributed by atoms with E-state index in [0.29, 0.717) is 6.42 Å². The number of fused-ring (bicyclic) bond motifs is 1. The maximum absolute atomic E-state index is 14.5. The quantitative estimate of drug-likeness (QED) is 0.201. The lowest BCUT2D eigenvalue weighted by Gasteiger charge is -2.42. The van der Waals surface area contributed by atoms with Crippen molar-refractivity contribution in [1.29, 1.82) is 0 Å². The van der Waals surface area contributed by atoms with E-state index in [9.17, 15) is 9.59 Å². The Bertz CT molecular complexity index is 1630. The topological polar surface area (TPSA) is 93.2 Å². The molecule has 3 aromatic rings. The van der Waals surface area contributed by atoms with E-state index in [2.05, 4.69) is 88.5 Å². The molecule has 9 heteroatoms. The van der Waals surface area contributed by atoms with Gasteiger partial charge >= 0.3 is 0 Å². The maximum Gasteiger partial charge on any atom is 0.270 e. The summed E-state index contributed by atoms with van der Waals surface area (Å²) in [5, 5.41) is 10.5. The molecular weight excluding hydrogens is 637 g/mol. The minimum atomic E-state index is -0.602. The highest BCUT2D eigenvalue weighted by molar-refractivity contribution is 5.83. The molecule has 1 aliphatic carbocycles. The monoisotopic (exact) mass is 701 g/mol. The molecule has 1 fully saturated rings. The summed E-state index contributed by atoms with van der Waals surface area (Å²) in [5.41, 5.74) is 8.55. The first-order chi connectivity index (χ1) is 24.7. The zero-order valence-corrected chi connectivity index (χ0v) is 32.8. The molecule has 0 amide bonds. The van der Waals surface area contributed by atoms with Crippen LogP contribution in [-0.2, 0) is 34.6 Å². The number of nitrogens with one attached hydrogen (secondary N) is 1. The van der Waals surface area contributed by atoms with E-state index in [1.165, 1.54) is 18.5 Å². The van der Waals surface area contributed by atoms with Crippen molar-refractivity contribution in [2.45, 2.75) is 143 Å². The predicted octanol–water partition coefficient (Wildman–Crippen LogP) is 9.57. The van der Waals surface area contributed by atoms with Crippen molar-refractivity contribution in [3.8, 4) is 11.1 Å². The van der Waals surface area contributed by atoms with Gasteiger partial charge in [-0.2, -0.15) is 5.01 Å². The van der Waals surface area contributed by atoms with E-state index < -0.39 is 11.1 Å². The van der Waals surface area contributed by atoms with Crippen LogP contribution in [0.2, 0.25) is 0 Å². The lowest BCUT2D eigenvalue weighted by atomic mass is 9.69. The molecule has 51 heavy (non-hydrogen) atoms. The highest BCUT2D eigenvalue weighted by Gasteiger charge is 2.47. The maximum atomic E-state index is 14.5. The number of hydrazine groups is 1. The van der Waals surface area contributed by atoms with Crippen LogP contribution in [0.4, 0.5) is 0 Å². The van der Waals surface area contributed by atoms with Crippen LogP contribution < -0.4 is 11.1 Å². The lowest BCUT2D eigenvalue weighted by molar-refractivity contribution is -0.131. The molecule has 2 aromatic carbocycles. The van der Waals surface area contributed by atoms with Gasteiger partial charge in [-0.05, 0) is 75.5 Å². The van der Waals surface area contributed by atoms with Gasteiger partial charge in [0.2, 0.25) is 0 Å². The molecule has 2 aliphatic heterocycles. The molecule has 2 atom stereocenters. The van der Waals surface area contributed by atoms with Crippen LogP contribution in [-0.4, -0.2) is 40.9 Å². The second-order valence-corrected chi connectivity index (χ2v) is 14.4. The summed E-state index contributed by atoms with van der Waals surface area (Å²) >= 11 is 0. The van der Waals surface area contributed by atoms with Gasteiger partial charge in [0.1, 0.15) is 5.78 Å². The van der Waals surface area contributed by atoms with Gasteiger partial charge < -0.3 is 4.74 Å². The number of carbonyl (C=O) groups excluding carboxylic acids is 1. The zero-order chi connectivity index (χ0) is 37.0. The number of nitrogens with zero attached hydrogens (tertiary/aromatic N) is 5. The van der Waals surface area contributed by atoms with E-state index in [-0.39, 0.29) is 17.4 Å². The van der Waals surface area contributed by atoms with E-state index in [4.69, 9.17) is 4.74 Å². The van der Waals surface area contributed by atoms with Gasteiger partial charge in [0, 0.05) is 50.6 Å². The number of aromatic nitrogens is 2. The van der Waals surface area contributed by atoms with Crippen LogP contribution in [0.15, 0.2) is 63.7 Å². The van der Waals surface area contributed by atoms with Crippen molar-refractivity contribution in [3.05, 3.63) is 81.3 Å². The van der Waals surface area contributed by atoms with Gasteiger partial charge in [0.05, 0.1) is 11.5 Å². The molecule has 0 bridgehead atoms. The standard InChI is InChI=1S/C36H48N6O2.C4H10O.C2H6/c1-5-6-16-32-30(34(44)42-33(17-13-24-41(32)42)36(26(2)43)22-11-7-8-12-23-36)25-27-18-20-28(21-19-27)29-14-9-10-15-31(29)35(3)37-38-39-40(35)4;1-3-4-5-2;1-2/h9-10,14-15,18-21,33H,5-8,11-13,16-17,22-25H2,1-4H3,(H,37,39);3-4H2,1-2H3;1-2H3. The molecule has 0 radical (unpaired) electrons. The highest BCUT2D eigenvalue weighted by Crippen LogP contribution is 2.48. The van der Waals surface area contributed by atoms with Crippen molar-refractivity contribution in [3.63, 3.8) is 0 Å². The largest absolute Gasteiger partial charge is 0.385 e. The fourth-order valence-corrected chi connectivity index (χ4v) is 8.30. The third kappa shape index (κ3) is 8.57. The normalized spacial score (nSPS) is 21.0. The number of unbranched alkanes of at least 4 members (excludes halogenated alkanes) is 1. The summed E-state index contributed by atoms with van der Waals surface area (Å²) in [6, 6.07) is 16.9. The van der Waals surface area contributed by atoms with Gasteiger partial charge in [0.15, 0.2) is 5.66 Å². The lowest BCUT2D eigenvalue weighted by Crippen LogP contribution is -2.46. The van der Waals surface area contributed by atoms with Crippen LogP contribution in [0.5, 0.6) is 0 Å². The summed E-state index contributed by atoms with van der Waals surface area (Å²) in [5.74, 6) is 0.272. The minimum absolute atomic E-state index is 0.0472. The minimum Gasteiger partial charge on any atom is -0.385 e. The van der Waals surface area contributed by atoms with Crippen LogP contribution >= 0.6 is 0 Å². The van der Waals surface area contributed by atoms with Gasteiger partial charge in [-0.3, -0.25) is 14.3 Å². The first kappa shape index (κ1) is 40.2. The molecule has 1 aromatic heterocycles.